The van der Waals surface area contributed by atoms with Crippen molar-refractivity contribution in [3.63, 3.8) is 0 Å². The van der Waals surface area contributed by atoms with Gasteiger partial charge in [-0.3, -0.25) is 0 Å². The van der Waals surface area contributed by atoms with E-state index < -0.39 is 0 Å². The molecule has 0 aromatic heterocycles. The van der Waals surface area contributed by atoms with Crippen molar-refractivity contribution in [2.24, 2.45) is 5.41 Å². The smallest absolute Gasteiger partial charge is 0.165 e. The Morgan fingerprint density at radius 2 is 2.22 bits per heavy atom. The normalized spacial score (nSPS) is 19.1. The molecule has 1 aromatic rings. The molecule has 0 radical (unpaired) electrons. The molecule has 0 saturated heterocycles. The highest BCUT2D eigenvalue weighted by Gasteiger charge is 2.43. The van der Waals surface area contributed by atoms with E-state index >= 15 is 0 Å². The third-order valence-corrected chi connectivity index (χ3v) is 4.07. The molecule has 0 bridgehead atoms. The van der Waals surface area contributed by atoms with Crippen LogP contribution in [0.2, 0.25) is 0 Å². The number of hydrogen-bond acceptors (Lipinski definition) is 3. The highest BCUT2D eigenvalue weighted by molar-refractivity contribution is 5.32. The number of benzene rings is 1. The summed E-state index contributed by atoms with van der Waals surface area (Å²) < 4.78 is 18.7. The molecule has 1 fully saturated rings. The predicted octanol–water partition coefficient (Wildman–Crippen LogP) is 2.26. The molecule has 4 heteroatoms. The van der Waals surface area contributed by atoms with Crippen molar-refractivity contribution in [3.05, 3.63) is 29.6 Å². The standard InChI is InChI=1S/C14H20FNO2/c1-16-13(14(9-17)6-3-7-14)10-4-5-12(18-2)11(15)8-10/h4-5,8,13,16-17H,3,6-7,9H2,1-2H3. The zero-order valence-corrected chi connectivity index (χ0v) is 10.9. The zero-order valence-electron chi connectivity index (χ0n) is 10.9. The number of nitrogens with one attached hydrogen (secondary N) is 1. The third kappa shape index (κ3) is 2.10. The zero-order chi connectivity index (χ0) is 13.2. The van der Waals surface area contributed by atoms with Gasteiger partial charge < -0.3 is 15.2 Å². The van der Waals surface area contributed by atoms with Crippen molar-refractivity contribution in [2.45, 2.75) is 25.3 Å². The van der Waals surface area contributed by atoms with Gasteiger partial charge in [0.15, 0.2) is 11.6 Å². The summed E-state index contributed by atoms with van der Waals surface area (Å²) in [5.41, 5.74) is 0.722. The fourth-order valence-electron chi connectivity index (χ4n) is 2.86. The van der Waals surface area contributed by atoms with Gasteiger partial charge in [0.05, 0.1) is 13.7 Å². The Morgan fingerprint density at radius 3 is 2.61 bits per heavy atom. The van der Waals surface area contributed by atoms with E-state index in [4.69, 9.17) is 4.74 Å². The number of hydrogen-bond donors (Lipinski definition) is 2. The van der Waals surface area contributed by atoms with E-state index in [1.165, 1.54) is 13.2 Å². The maximum atomic E-state index is 13.7. The number of aliphatic hydroxyl groups is 1. The largest absolute Gasteiger partial charge is 0.494 e. The van der Waals surface area contributed by atoms with Crippen molar-refractivity contribution in [3.8, 4) is 5.75 Å². The Balaban J connectivity index is 2.30. The first kappa shape index (κ1) is 13.3. The molecule has 1 saturated carbocycles. The van der Waals surface area contributed by atoms with Crippen LogP contribution in [0.3, 0.4) is 0 Å². The highest BCUT2D eigenvalue weighted by Crippen LogP contribution is 2.49. The quantitative estimate of drug-likeness (QED) is 0.845. The summed E-state index contributed by atoms with van der Waals surface area (Å²) in [5.74, 6) is -0.108. The van der Waals surface area contributed by atoms with Crippen LogP contribution in [0.4, 0.5) is 4.39 Å². The van der Waals surface area contributed by atoms with Crippen LogP contribution in [0.15, 0.2) is 18.2 Å². The molecular weight excluding hydrogens is 233 g/mol. The Hall–Kier alpha value is -1.13. The molecule has 1 unspecified atom stereocenters. The van der Waals surface area contributed by atoms with Gasteiger partial charge in [-0.25, -0.2) is 4.39 Å². The van der Waals surface area contributed by atoms with Crippen LogP contribution in [-0.4, -0.2) is 25.9 Å². The lowest BCUT2D eigenvalue weighted by molar-refractivity contribution is 0.00772. The van der Waals surface area contributed by atoms with Crippen molar-refractivity contribution in [1.82, 2.24) is 5.32 Å². The second kappa shape index (κ2) is 5.24. The van der Waals surface area contributed by atoms with Crippen molar-refractivity contribution < 1.29 is 14.2 Å². The van der Waals surface area contributed by atoms with E-state index in [1.54, 1.807) is 6.07 Å². The maximum absolute atomic E-state index is 13.7. The van der Waals surface area contributed by atoms with Crippen LogP contribution < -0.4 is 10.1 Å². The molecule has 2 N–H and O–H groups in total. The monoisotopic (exact) mass is 253 g/mol. The number of methoxy groups -OCH3 is 1. The van der Waals surface area contributed by atoms with E-state index in [1.807, 2.05) is 13.1 Å². The van der Waals surface area contributed by atoms with Crippen LogP contribution >= 0.6 is 0 Å². The number of rotatable bonds is 5. The molecule has 0 heterocycles. The highest BCUT2D eigenvalue weighted by atomic mass is 19.1. The summed E-state index contributed by atoms with van der Waals surface area (Å²) in [4.78, 5) is 0. The van der Waals surface area contributed by atoms with Gasteiger partial charge in [0.1, 0.15) is 0 Å². The number of ether oxygens (including phenoxy) is 1. The second-order valence-corrected chi connectivity index (χ2v) is 4.99. The Kier molecular flexibility index (Phi) is 3.88. The van der Waals surface area contributed by atoms with Crippen LogP contribution in [0.25, 0.3) is 0 Å². The van der Waals surface area contributed by atoms with E-state index in [0.717, 1.165) is 24.8 Å². The van der Waals surface area contributed by atoms with Crippen LogP contribution in [-0.2, 0) is 0 Å². The van der Waals surface area contributed by atoms with Gasteiger partial charge in [-0.1, -0.05) is 12.5 Å². The van der Waals surface area contributed by atoms with Gasteiger partial charge in [0, 0.05) is 11.5 Å². The molecule has 1 aromatic carbocycles. The minimum absolute atomic E-state index is 0.0170. The average molecular weight is 253 g/mol. The van der Waals surface area contributed by atoms with Crippen LogP contribution in [0.5, 0.6) is 5.75 Å². The van der Waals surface area contributed by atoms with Gasteiger partial charge in [0.25, 0.3) is 0 Å². The molecule has 0 aliphatic heterocycles. The van der Waals surface area contributed by atoms with Crippen molar-refractivity contribution >= 4 is 0 Å². The lowest BCUT2D eigenvalue weighted by Crippen LogP contribution is -2.44. The summed E-state index contributed by atoms with van der Waals surface area (Å²) in [6.45, 7) is 0.131. The summed E-state index contributed by atoms with van der Waals surface area (Å²) in [6.07, 6.45) is 3.07. The first-order chi connectivity index (χ1) is 8.66. The topological polar surface area (TPSA) is 41.5 Å². The van der Waals surface area contributed by atoms with Gasteiger partial charge in [-0.05, 0) is 37.6 Å². The molecule has 1 aliphatic rings. The lowest BCUT2D eigenvalue weighted by atomic mass is 9.63. The summed E-state index contributed by atoms with van der Waals surface area (Å²) >= 11 is 0. The molecule has 18 heavy (non-hydrogen) atoms. The molecule has 0 spiro atoms. The first-order valence-electron chi connectivity index (χ1n) is 6.28. The third-order valence-electron chi connectivity index (χ3n) is 4.07. The van der Waals surface area contributed by atoms with E-state index in [2.05, 4.69) is 5.32 Å². The van der Waals surface area contributed by atoms with E-state index in [0.29, 0.717) is 0 Å². The molecule has 1 atom stereocenters. The molecule has 2 rings (SSSR count). The summed E-state index contributed by atoms with van der Waals surface area (Å²) in [5, 5.41) is 12.8. The Labute approximate surface area is 107 Å². The molecule has 3 nitrogen and oxygen atoms in total. The predicted molar refractivity (Wildman–Crippen MR) is 68.1 cm³/mol. The molecule has 0 amide bonds. The molecule has 100 valence electrons. The Morgan fingerprint density at radius 1 is 1.50 bits per heavy atom. The fraction of sp³-hybridized carbons (Fsp3) is 0.571. The number of aliphatic hydroxyl groups excluding tert-OH is 1. The molecular formula is C14H20FNO2. The summed E-state index contributed by atoms with van der Waals surface area (Å²) in [6, 6.07) is 4.98. The van der Waals surface area contributed by atoms with E-state index in [-0.39, 0.29) is 29.6 Å². The summed E-state index contributed by atoms with van der Waals surface area (Å²) in [7, 11) is 3.30. The lowest BCUT2D eigenvalue weighted by Gasteiger charge is -2.46. The Bertz CT molecular complexity index is 413. The van der Waals surface area contributed by atoms with Crippen LogP contribution in [0.1, 0.15) is 30.9 Å². The fourth-order valence-corrected chi connectivity index (χ4v) is 2.86. The minimum Gasteiger partial charge on any atom is -0.494 e. The maximum Gasteiger partial charge on any atom is 0.165 e. The number of halogens is 1. The second-order valence-electron chi connectivity index (χ2n) is 4.99. The minimum atomic E-state index is -0.359. The van der Waals surface area contributed by atoms with Crippen LogP contribution in [0, 0.1) is 11.2 Å². The molecule has 1 aliphatic carbocycles. The average Bonchev–Trinajstić information content (AvgIpc) is 2.33. The van der Waals surface area contributed by atoms with Gasteiger partial charge in [-0.2, -0.15) is 0 Å². The van der Waals surface area contributed by atoms with Crippen molar-refractivity contribution in [2.75, 3.05) is 20.8 Å². The van der Waals surface area contributed by atoms with Gasteiger partial charge >= 0.3 is 0 Å². The van der Waals surface area contributed by atoms with Gasteiger partial charge in [0.2, 0.25) is 0 Å². The first-order valence-corrected chi connectivity index (χ1v) is 6.28. The van der Waals surface area contributed by atoms with E-state index in [9.17, 15) is 9.50 Å². The van der Waals surface area contributed by atoms with Gasteiger partial charge in [-0.15, -0.1) is 0 Å². The van der Waals surface area contributed by atoms with Crippen molar-refractivity contribution in [1.29, 1.82) is 0 Å². The SMILES string of the molecule is CNC(c1ccc(OC)c(F)c1)C1(CO)CCC1.